The van der Waals surface area contributed by atoms with E-state index >= 15 is 0 Å². The standard InChI is InChI=1S/C31H38N2O7/c1-5-6-11-19(2)16-20(3)17-21(4)30(38)32-22-18-31(39,29-28(40-29)27(22)37)15-10-8-7-9-12-25(36)33-26-23(34)13-14-24(26)35/h7-10,12,15-19,26,28-29,39H,5-6,11,13-14H2,1-4H3,(H,32,38)(H,33,36)/b8-7+,12-9+,15-10+,20-16+,21-17+/t19-,28?,29-,31+/m1/s1. The second kappa shape index (κ2) is 13.6. The Morgan fingerprint density at radius 1 is 1.12 bits per heavy atom. The summed E-state index contributed by atoms with van der Waals surface area (Å²) in [6.07, 6.45) is 15.9. The van der Waals surface area contributed by atoms with Gasteiger partial charge in [-0.2, -0.15) is 0 Å². The molecule has 0 aromatic rings. The van der Waals surface area contributed by atoms with Crippen LogP contribution in [0, 0.1) is 5.92 Å². The van der Waals surface area contributed by atoms with Gasteiger partial charge in [-0.05, 0) is 38.3 Å². The number of carbonyl (C=O) groups is 5. The molecule has 0 aromatic heterocycles. The fraction of sp³-hybridized carbons (Fsp3) is 0.452. The molecule has 2 amide bonds. The van der Waals surface area contributed by atoms with Gasteiger partial charge < -0.3 is 20.5 Å². The van der Waals surface area contributed by atoms with Crippen molar-refractivity contribution in [2.45, 2.75) is 83.6 Å². The number of ketones is 3. The van der Waals surface area contributed by atoms with Crippen molar-refractivity contribution < 1.29 is 33.8 Å². The van der Waals surface area contributed by atoms with Crippen molar-refractivity contribution in [1.29, 1.82) is 0 Å². The molecule has 2 fully saturated rings. The number of allylic oxidation sites excluding steroid dienone is 7. The maximum atomic E-state index is 12.8. The molecule has 1 saturated heterocycles. The predicted octanol–water partition coefficient (Wildman–Crippen LogP) is 2.87. The molecule has 3 aliphatic rings. The minimum Gasteiger partial charge on any atom is -0.379 e. The predicted molar refractivity (Wildman–Crippen MR) is 150 cm³/mol. The minimum absolute atomic E-state index is 0.0295. The zero-order chi connectivity index (χ0) is 29.4. The lowest BCUT2D eigenvalue weighted by Gasteiger charge is -2.23. The van der Waals surface area contributed by atoms with Gasteiger partial charge in [0.05, 0.1) is 5.70 Å². The van der Waals surface area contributed by atoms with Crippen molar-refractivity contribution in [2.75, 3.05) is 0 Å². The number of hydrogen-bond donors (Lipinski definition) is 3. The van der Waals surface area contributed by atoms with E-state index in [9.17, 15) is 29.1 Å². The first-order valence-electron chi connectivity index (χ1n) is 13.7. The molecule has 0 aromatic carbocycles. The number of amides is 2. The lowest BCUT2D eigenvalue weighted by atomic mass is 9.88. The molecule has 1 unspecified atom stereocenters. The van der Waals surface area contributed by atoms with E-state index in [4.69, 9.17) is 4.74 Å². The summed E-state index contributed by atoms with van der Waals surface area (Å²) in [6, 6.07) is -1.07. The number of unbranched alkanes of at least 4 members (excludes halogenated alkanes) is 1. The number of nitrogens with one attached hydrogen (secondary N) is 2. The van der Waals surface area contributed by atoms with Crippen molar-refractivity contribution in [2.24, 2.45) is 5.92 Å². The third-order valence-electron chi connectivity index (χ3n) is 6.95. The molecule has 0 spiro atoms. The summed E-state index contributed by atoms with van der Waals surface area (Å²) in [5.41, 5.74) is -0.247. The summed E-state index contributed by atoms with van der Waals surface area (Å²) >= 11 is 0. The van der Waals surface area contributed by atoms with Gasteiger partial charge in [0, 0.05) is 24.5 Å². The van der Waals surface area contributed by atoms with Gasteiger partial charge in [-0.15, -0.1) is 0 Å². The Bertz CT molecular complexity index is 1220. The van der Waals surface area contributed by atoms with Crippen LogP contribution in [-0.4, -0.2) is 58.1 Å². The monoisotopic (exact) mass is 550 g/mol. The molecule has 3 rings (SSSR count). The molecule has 9 heteroatoms. The molecule has 214 valence electrons. The number of rotatable bonds is 12. The molecular formula is C31H38N2O7. The van der Waals surface area contributed by atoms with Crippen molar-refractivity contribution in [3.05, 3.63) is 71.5 Å². The lowest BCUT2D eigenvalue weighted by Crippen LogP contribution is -2.42. The topological polar surface area (TPSA) is 142 Å². The summed E-state index contributed by atoms with van der Waals surface area (Å²) in [7, 11) is 0. The van der Waals surface area contributed by atoms with E-state index in [2.05, 4.69) is 30.6 Å². The van der Waals surface area contributed by atoms with Crippen molar-refractivity contribution in [3.63, 3.8) is 0 Å². The summed E-state index contributed by atoms with van der Waals surface area (Å²) < 4.78 is 5.38. The van der Waals surface area contributed by atoms with E-state index < -0.39 is 41.4 Å². The van der Waals surface area contributed by atoms with E-state index in [0.717, 1.165) is 24.8 Å². The Hall–Kier alpha value is -3.69. The molecule has 40 heavy (non-hydrogen) atoms. The highest BCUT2D eigenvalue weighted by Crippen LogP contribution is 2.40. The van der Waals surface area contributed by atoms with Crippen LogP contribution in [-0.2, 0) is 28.7 Å². The fourth-order valence-electron chi connectivity index (χ4n) is 4.72. The van der Waals surface area contributed by atoms with Gasteiger partial charge in [0.2, 0.25) is 11.7 Å². The third-order valence-corrected chi connectivity index (χ3v) is 6.95. The van der Waals surface area contributed by atoms with Crippen LogP contribution in [0.2, 0.25) is 0 Å². The number of hydrogen-bond acceptors (Lipinski definition) is 7. The van der Waals surface area contributed by atoms with Gasteiger partial charge in [0.25, 0.3) is 5.91 Å². The Morgan fingerprint density at radius 2 is 1.80 bits per heavy atom. The number of Topliss-reactive ketones (excluding diaryl/α,β-unsaturated/α-hetero) is 3. The average Bonchev–Trinajstić information content (AvgIpc) is 3.66. The Morgan fingerprint density at radius 3 is 2.48 bits per heavy atom. The number of epoxide rings is 1. The van der Waals surface area contributed by atoms with Crippen LogP contribution in [0.5, 0.6) is 0 Å². The molecule has 0 radical (unpaired) electrons. The van der Waals surface area contributed by atoms with Crippen molar-refractivity contribution in [3.8, 4) is 0 Å². The van der Waals surface area contributed by atoms with Crippen molar-refractivity contribution in [1.82, 2.24) is 10.6 Å². The molecule has 1 heterocycles. The Kier molecular flexibility index (Phi) is 10.5. The SMILES string of the molecule is CCCC[C@@H](C)/C=C(C)/C=C(\C)C(=O)NC1=C[C@@](O)(/C=C/C=C/C=C/C(=O)NC2C(=O)CCC2=O)[C@@H]2OC2C1=O. The fourth-order valence-corrected chi connectivity index (χ4v) is 4.72. The van der Waals surface area contributed by atoms with Crippen LogP contribution in [0.1, 0.15) is 59.8 Å². The van der Waals surface area contributed by atoms with E-state index in [1.165, 1.54) is 36.5 Å². The molecule has 3 N–H and O–H groups in total. The van der Waals surface area contributed by atoms with Crippen molar-refractivity contribution >= 4 is 29.2 Å². The number of aliphatic hydroxyl groups is 1. The second-order valence-corrected chi connectivity index (χ2v) is 10.6. The highest BCUT2D eigenvalue weighted by atomic mass is 16.6. The largest absolute Gasteiger partial charge is 0.379 e. The van der Waals surface area contributed by atoms with Gasteiger partial charge in [0.15, 0.2) is 17.7 Å². The molecular weight excluding hydrogens is 512 g/mol. The Balaban J connectivity index is 1.59. The van der Waals surface area contributed by atoms with Crippen LogP contribution >= 0.6 is 0 Å². The number of carbonyl (C=O) groups excluding carboxylic acids is 5. The van der Waals surface area contributed by atoms with Gasteiger partial charge in [-0.25, -0.2) is 0 Å². The summed E-state index contributed by atoms with van der Waals surface area (Å²) in [4.78, 5) is 60.6. The first kappa shape index (κ1) is 30.8. The normalized spacial score (nSPS) is 26.5. The average molecular weight is 551 g/mol. The van der Waals surface area contributed by atoms with E-state index in [1.54, 1.807) is 19.1 Å². The smallest absolute Gasteiger partial charge is 0.251 e. The van der Waals surface area contributed by atoms with E-state index in [0.29, 0.717) is 11.5 Å². The van der Waals surface area contributed by atoms with Crippen LogP contribution in [0.3, 0.4) is 0 Å². The Labute approximate surface area is 234 Å². The molecule has 2 aliphatic carbocycles. The summed E-state index contributed by atoms with van der Waals surface area (Å²) in [6.45, 7) is 7.89. The maximum Gasteiger partial charge on any atom is 0.251 e. The summed E-state index contributed by atoms with van der Waals surface area (Å²) in [5.74, 6) is -1.59. The second-order valence-electron chi connectivity index (χ2n) is 10.6. The van der Waals surface area contributed by atoms with Gasteiger partial charge >= 0.3 is 0 Å². The third kappa shape index (κ3) is 8.16. The van der Waals surface area contributed by atoms with Crippen LogP contribution in [0.15, 0.2) is 71.5 Å². The molecule has 1 aliphatic heterocycles. The molecule has 9 nitrogen and oxygen atoms in total. The van der Waals surface area contributed by atoms with Gasteiger partial charge in [0.1, 0.15) is 17.7 Å². The number of ether oxygens (including phenoxy) is 1. The van der Waals surface area contributed by atoms with Gasteiger partial charge in [-0.3, -0.25) is 24.0 Å². The minimum atomic E-state index is -1.61. The molecule has 0 bridgehead atoms. The van der Waals surface area contributed by atoms with Crippen LogP contribution in [0.4, 0.5) is 0 Å². The summed E-state index contributed by atoms with van der Waals surface area (Å²) in [5, 5.41) is 16.1. The first-order valence-corrected chi connectivity index (χ1v) is 13.7. The molecule has 1 saturated carbocycles. The highest BCUT2D eigenvalue weighted by molar-refractivity contribution is 6.14. The highest BCUT2D eigenvalue weighted by Gasteiger charge is 2.59. The lowest BCUT2D eigenvalue weighted by molar-refractivity contribution is -0.129. The molecule has 4 atom stereocenters. The van der Waals surface area contributed by atoms with Crippen LogP contribution < -0.4 is 10.6 Å². The maximum absolute atomic E-state index is 12.8. The van der Waals surface area contributed by atoms with E-state index in [-0.39, 0.29) is 30.1 Å². The van der Waals surface area contributed by atoms with E-state index in [1.807, 2.05) is 6.92 Å². The van der Waals surface area contributed by atoms with Gasteiger partial charge in [-0.1, -0.05) is 68.7 Å². The zero-order valence-corrected chi connectivity index (χ0v) is 23.4. The first-order chi connectivity index (χ1) is 18.9. The zero-order valence-electron chi connectivity index (χ0n) is 23.4. The van der Waals surface area contributed by atoms with Crippen LogP contribution in [0.25, 0.3) is 0 Å². The number of fused-ring (bicyclic) bond motifs is 1. The quantitative estimate of drug-likeness (QED) is 0.147.